The molecule has 0 aliphatic heterocycles. The Kier molecular flexibility index (Phi) is 2.40. The number of hydrogen-bond donors (Lipinski definition) is 2. The molecule has 0 bridgehead atoms. The van der Waals surface area contributed by atoms with Crippen molar-refractivity contribution in [2.24, 2.45) is 0 Å². The molecule has 0 radical (unpaired) electrons. The van der Waals surface area contributed by atoms with Crippen LogP contribution in [0.2, 0.25) is 0 Å². The Bertz CT molecular complexity index is 566. The van der Waals surface area contributed by atoms with Crippen LogP contribution in [-0.4, -0.2) is 20.0 Å². The smallest absolute Gasteiger partial charge is 0.182 e. The van der Waals surface area contributed by atoms with E-state index in [9.17, 15) is 0 Å². The van der Waals surface area contributed by atoms with Crippen molar-refractivity contribution in [2.75, 3.05) is 5.73 Å². The van der Waals surface area contributed by atoms with E-state index in [-0.39, 0.29) is 5.54 Å². The second-order valence-corrected chi connectivity index (χ2v) is 6.29. The first kappa shape index (κ1) is 11.6. The number of nitrogen functional groups attached to an aromatic ring is 1. The van der Waals surface area contributed by atoms with Gasteiger partial charge in [0.25, 0.3) is 0 Å². The van der Waals surface area contributed by atoms with Gasteiger partial charge in [-0.1, -0.05) is 12.8 Å². The maximum absolute atomic E-state index is 6.03. The summed E-state index contributed by atoms with van der Waals surface area (Å²) in [6.07, 6.45) is 5.04. The Hall–Kier alpha value is -1.52. The molecule has 0 aromatic carbocycles. The molecule has 18 heavy (non-hydrogen) atoms. The zero-order valence-corrected chi connectivity index (χ0v) is 11.3. The number of nitrogens with zero attached hydrogens (tertiary/aromatic N) is 3. The molecule has 1 aliphatic rings. The number of rotatable bonds is 1. The zero-order valence-electron chi connectivity index (χ0n) is 11.3. The minimum absolute atomic E-state index is 0.0727. The molecule has 0 atom stereocenters. The highest BCUT2D eigenvalue weighted by atomic mass is 15.4. The van der Waals surface area contributed by atoms with E-state index in [4.69, 9.17) is 10.8 Å². The largest absolute Gasteiger partial charge is 0.383 e. The third kappa shape index (κ3) is 1.61. The van der Waals surface area contributed by atoms with Gasteiger partial charge in [0.15, 0.2) is 5.65 Å². The molecule has 2 heterocycles. The Morgan fingerprint density at radius 2 is 1.94 bits per heavy atom. The first-order valence-electron chi connectivity index (χ1n) is 6.71. The Labute approximate surface area is 107 Å². The molecule has 3 rings (SSSR count). The minimum Gasteiger partial charge on any atom is -0.383 e. The lowest BCUT2D eigenvalue weighted by Crippen LogP contribution is -2.23. The molecule has 2 aromatic rings. The summed E-state index contributed by atoms with van der Waals surface area (Å²) < 4.78 is 2.00. The van der Waals surface area contributed by atoms with Gasteiger partial charge in [-0.05, 0) is 33.6 Å². The Morgan fingerprint density at radius 1 is 1.28 bits per heavy atom. The third-order valence-electron chi connectivity index (χ3n) is 3.82. The maximum Gasteiger partial charge on any atom is 0.182 e. The summed E-state index contributed by atoms with van der Waals surface area (Å²) in [6, 6.07) is 0. The van der Waals surface area contributed by atoms with Crippen LogP contribution in [-0.2, 0) is 5.54 Å². The van der Waals surface area contributed by atoms with Crippen molar-refractivity contribution in [1.82, 2.24) is 20.0 Å². The number of aromatic amines is 1. The molecular weight excluding hydrogens is 226 g/mol. The van der Waals surface area contributed by atoms with E-state index in [1.54, 1.807) is 0 Å². The number of aromatic nitrogens is 4. The lowest BCUT2D eigenvalue weighted by Gasteiger charge is -2.19. The standard InChI is InChI=1S/C13H21N5/c1-13(2,3)18-12-9(11(14)15-16-12)10(17-18)8-6-4-5-7-8/h8H,4-7H2,1-3H3,(H3,14,15,16). The van der Waals surface area contributed by atoms with E-state index in [1.807, 2.05) is 4.68 Å². The number of anilines is 1. The highest BCUT2D eigenvalue weighted by Gasteiger charge is 2.29. The van der Waals surface area contributed by atoms with Crippen LogP contribution in [0, 0.1) is 0 Å². The van der Waals surface area contributed by atoms with Gasteiger partial charge in [0.05, 0.1) is 16.6 Å². The topological polar surface area (TPSA) is 72.5 Å². The van der Waals surface area contributed by atoms with E-state index in [0.29, 0.717) is 11.7 Å². The molecule has 5 nitrogen and oxygen atoms in total. The second kappa shape index (κ2) is 3.73. The van der Waals surface area contributed by atoms with Crippen molar-refractivity contribution in [1.29, 1.82) is 0 Å². The van der Waals surface area contributed by atoms with Crippen molar-refractivity contribution in [3.05, 3.63) is 5.69 Å². The third-order valence-corrected chi connectivity index (χ3v) is 3.82. The normalized spacial score (nSPS) is 17.9. The Morgan fingerprint density at radius 3 is 2.56 bits per heavy atom. The fourth-order valence-electron chi connectivity index (χ4n) is 2.91. The fraction of sp³-hybridized carbons (Fsp3) is 0.692. The van der Waals surface area contributed by atoms with Crippen LogP contribution in [0.4, 0.5) is 5.82 Å². The van der Waals surface area contributed by atoms with Crippen molar-refractivity contribution >= 4 is 16.9 Å². The number of hydrogen-bond acceptors (Lipinski definition) is 3. The van der Waals surface area contributed by atoms with E-state index in [0.717, 1.165) is 16.7 Å². The summed E-state index contributed by atoms with van der Waals surface area (Å²) in [5.41, 5.74) is 7.99. The molecule has 0 saturated heterocycles. The van der Waals surface area contributed by atoms with Crippen LogP contribution in [0.25, 0.3) is 11.0 Å². The summed E-state index contributed by atoms with van der Waals surface area (Å²) in [4.78, 5) is 0. The highest BCUT2D eigenvalue weighted by molar-refractivity contribution is 5.89. The molecule has 1 saturated carbocycles. The molecule has 0 amide bonds. The van der Waals surface area contributed by atoms with Gasteiger partial charge in [-0.15, -0.1) is 0 Å². The van der Waals surface area contributed by atoms with Gasteiger partial charge in [0.1, 0.15) is 5.82 Å². The van der Waals surface area contributed by atoms with Crippen molar-refractivity contribution < 1.29 is 0 Å². The van der Waals surface area contributed by atoms with Gasteiger partial charge < -0.3 is 5.73 Å². The molecular formula is C13H21N5. The fourth-order valence-corrected chi connectivity index (χ4v) is 2.91. The van der Waals surface area contributed by atoms with Gasteiger partial charge >= 0.3 is 0 Å². The van der Waals surface area contributed by atoms with Crippen molar-refractivity contribution in [2.45, 2.75) is 57.9 Å². The summed E-state index contributed by atoms with van der Waals surface area (Å²) in [5, 5.41) is 13.1. The number of nitrogens with one attached hydrogen (secondary N) is 1. The van der Waals surface area contributed by atoms with Crippen LogP contribution in [0.15, 0.2) is 0 Å². The molecule has 1 fully saturated rings. The summed E-state index contributed by atoms with van der Waals surface area (Å²) in [6.45, 7) is 6.42. The molecule has 0 unspecified atom stereocenters. The van der Waals surface area contributed by atoms with E-state index in [2.05, 4.69) is 31.0 Å². The minimum atomic E-state index is -0.0727. The maximum atomic E-state index is 6.03. The molecule has 1 aliphatic carbocycles. The van der Waals surface area contributed by atoms with Crippen molar-refractivity contribution in [3.8, 4) is 0 Å². The van der Waals surface area contributed by atoms with Crippen molar-refractivity contribution in [3.63, 3.8) is 0 Å². The number of fused-ring (bicyclic) bond motifs is 1. The number of nitrogens with two attached hydrogens (primary N) is 1. The highest BCUT2D eigenvalue weighted by Crippen LogP contribution is 2.39. The van der Waals surface area contributed by atoms with E-state index >= 15 is 0 Å². The molecule has 0 spiro atoms. The molecule has 98 valence electrons. The van der Waals surface area contributed by atoms with Gasteiger partial charge in [-0.2, -0.15) is 10.2 Å². The van der Waals surface area contributed by atoms with Crippen LogP contribution < -0.4 is 5.73 Å². The zero-order chi connectivity index (χ0) is 12.9. The summed E-state index contributed by atoms with van der Waals surface area (Å²) >= 11 is 0. The van der Waals surface area contributed by atoms with E-state index in [1.165, 1.54) is 25.7 Å². The van der Waals surface area contributed by atoms with Gasteiger partial charge in [0.2, 0.25) is 0 Å². The predicted molar refractivity (Wildman–Crippen MR) is 72.5 cm³/mol. The summed E-state index contributed by atoms with van der Waals surface area (Å²) in [7, 11) is 0. The SMILES string of the molecule is CC(C)(C)n1nc(C2CCCC2)c2c(N)[nH]nc21. The van der Waals surface area contributed by atoms with Gasteiger partial charge in [0, 0.05) is 5.92 Å². The second-order valence-electron chi connectivity index (χ2n) is 6.29. The summed E-state index contributed by atoms with van der Waals surface area (Å²) in [5.74, 6) is 1.21. The van der Waals surface area contributed by atoms with Gasteiger partial charge in [-0.3, -0.25) is 5.10 Å². The van der Waals surface area contributed by atoms with E-state index < -0.39 is 0 Å². The first-order valence-corrected chi connectivity index (χ1v) is 6.71. The lowest BCUT2D eigenvalue weighted by molar-refractivity contribution is 0.360. The lowest BCUT2D eigenvalue weighted by atomic mass is 10.0. The Balaban J connectivity index is 2.21. The average molecular weight is 247 g/mol. The average Bonchev–Trinajstić information content (AvgIpc) is 2.94. The molecule has 3 N–H and O–H groups in total. The van der Waals surface area contributed by atoms with Crippen LogP contribution in [0.3, 0.4) is 0 Å². The molecule has 2 aromatic heterocycles. The van der Waals surface area contributed by atoms with Crippen LogP contribution in [0.5, 0.6) is 0 Å². The van der Waals surface area contributed by atoms with Crippen LogP contribution >= 0.6 is 0 Å². The first-order chi connectivity index (χ1) is 8.48. The molecule has 5 heteroatoms. The predicted octanol–water partition coefficient (Wildman–Crippen LogP) is 2.75. The quantitative estimate of drug-likeness (QED) is 0.813. The monoisotopic (exact) mass is 247 g/mol. The van der Waals surface area contributed by atoms with Crippen LogP contribution in [0.1, 0.15) is 58.1 Å². The number of H-pyrrole nitrogens is 1. The van der Waals surface area contributed by atoms with Gasteiger partial charge in [-0.25, -0.2) is 4.68 Å².